The lowest BCUT2D eigenvalue weighted by atomic mass is 10.1. The van der Waals surface area contributed by atoms with Gasteiger partial charge in [-0.2, -0.15) is 10.2 Å². The predicted molar refractivity (Wildman–Crippen MR) is 123 cm³/mol. The van der Waals surface area contributed by atoms with Crippen LogP contribution in [0.2, 0.25) is 0 Å². The van der Waals surface area contributed by atoms with Crippen LogP contribution >= 0.6 is 11.3 Å². The van der Waals surface area contributed by atoms with E-state index in [1.165, 1.54) is 22.3 Å². The molecule has 0 saturated carbocycles. The normalized spacial score (nSPS) is 11.8. The summed E-state index contributed by atoms with van der Waals surface area (Å²) in [7, 11) is 0. The zero-order chi connectivity index (χ0) is 21.8. The Morgan fingerprint density at radius 3 is 3.03 bits per heavy atom. The second-order valence-corrected chi connectivity index (χ2v) is 8.35. The van der Waals surface area contributed by atoms with Crippen LogP contribution in [-0.2, 0) is 22.4 Å². The average molecular weight is 446 g/mol. The van der Waals surface area contributed by atoms with E-state index in [1.54, 1.807) is 24.0 Å². The maximum absolute atomic E-state index is 5.46. The summed E-state index contributed by atoms with van der Waals surface area (Å²) >= 11 is 1.63. The molecule has 0 aliphatic heterocycles. The molecular weight excluding hydrogens is 422 g/mol. The van der Waals surface area contributed by atoms with Crippen LogP contribution in [0.5, 0.6) is 0 Å². The number of thiophene rings is 1. The summed E-state index contributed by atoms with van der Waals surface area (Å²) in [6, 6.07) is 8.69. The number of hydrogen-bond donors (Lipinski definition) is 1. The maximum Gasteiger partial charge on any atom is 0.137 e. The fourth-order valence-corrected chi connectivity index (χ4v) is 4.59. The summed E-state index contributed by atoms with van der Waals surface area (Å²) < 4.78 is 12.5. The van der Waals surface area contributed by atoms with E-state index in [4.69, 9.17) is 9.47 Å². The number of nitrogens with zero attached hydrogens (tertiary/aromatic N) is 4. The molecule has 8 heteroatoms. The molecule has 1 aromatic carbocycles. The van der Waals surface area contributed by atoms with Gasteiger partial charge in [0.25, 0.3) is 0 Å². The van der Waals surface area contributed by atoms with Gasteiger partial charge in [-0.25, -0.2) is 9.67 Å². The summed E-state index contributed by atoms with van der Waals surface area (Å²) in [5.74, 6) is 6.25. The molecule has 1 aliphatic rings. The van der Waals surface area contributed by atoms with Crippen molar-refractivity contribution in [3.8, 4) is 34.4 Å². The van der Waals surface area contributed by atoms with Gasteiger partial charge < -0.3 is 9.47 Å². The molecule has 4 aromatic rings. The second-order valence-electron chi connectivity index (χ2n) is 7.44. The number of benzene rings is 1. The van der Waals surface area contributed by atoms with Gasteiger partial charge in [-0.3, -0.25) is 5.10 Å². The third-order valence-electron chi connectivity index (χ3n) is 5.32. The van der Waals surface area contributed by atoms with Crippen LogP contribution in [0.4, 0.5) is 0 Å². The van der Waals surface area contributed by atoms with Crippen molar-refractivity contribution in [3.05, 3.63) is 63.9 Å². The van der Waals surface area contributed by atoms with Crippen LogP contribution in [-0.4, -0.2) is 51.4 Å². The fraction of sp³-hybridized carbons (Fsp3) is 0.292. The molecule has 1 N–H and O–H groups in total. The number of H-pyrrole nitrogens is 1. The van der Waals surface area contributed by atoms with Crippen molar-refractivity contribution in [1.29, 1.82) is 0 Å². The molecule has 1 aliphatic carbocycles. The minimum Gasteiger partial charge on any atom is -0.379 e. The smallest absolute Gasteiger partial charge is 0.137 e. The zero-order valence-corrected chi connectivity index (χ0v) is 18.6. The van der Waals surface area contributed by atoms with E-state index >= 15 is 0 Å². The summed E-state index contributed by atoms with van der Waals surface area (Å²) in [4.78, 5) is 5.03. The van der Waals surface area contributed by atoms with E-state index in [2.05, 4.69) is 61.8 Å². The number of nitrogens with one attached hydrogen (secondary N) is 1. The van der Waals surface area contributed by atoms with Gasteiger partial charge >= 0.3 is 0 Å². The Bertz CT molecular complexity index is 1260. The maximum atomic E-state index is 5.46. The van der Waals surface area contributed by atoms with Gasteiger partial charge in [0.15, 0.2) is 0 Å². The highest BCUT2D eigenvalue weighted by Gasteiger charge is 2.25. The Hall–Kier alpha value is -3.25. The van der Waals surface area contributed by atoms with E-state index in [0.29, 0.717) is 33.0 Å². The fourth-order valence-electron chi connectivity index (χ4n) is 3.83. The molecule has 32 heavy (non-hydrogen) atoms. The Morgan fingerprint density at radius 2 is 2.16 bits per heavy atom. The molecule has 0 atom stereocenters. The summed E-state index contributed by atoms with van der Waals surface area (Å²) in [5, 5.41) is 14.2. The van der Waals surface area contributed by atoms with Crippen molar-refractivity contribution in [2.45, 2.75) is 19.9 Å². The monoisotopic (exact) mass is 445 g/mol. The molecule has 0 bridgehead atoms. The van der Waals surface area contributed by atoms with E-state index in [1.807, 2.05) is 11.6 Å². The van der Waals surface area contributed by atoms with Crippen LogP contribution in [0.25, 0.3) is 22.5 Å². The number of fused-ring (bicyclic) bond motifs is 3. The zero-order valence-electron chi connectivity index (χ0n) is 17.8. The van der Waals surface area contributed by atoms with E-state index in [9.17, 15) is 0 Å². The molecule has 0 saturated heterocycles. The first kappa shape index (κ1) is 20.6. The number of aromatic amines is 1. The average Bonchev–Trinajstić information content (AvgIpc) is 3.58. The topological polar surface area (TPSA) is 77.9 Å². The molecule has 0 fully saturated rings. The standard InChI is InChI=1S/C24H23N5O2S/c1-2-30-8-9-31-7-3-4-20-11-19(14-32-20)23-22-12-18-6-5-17(13-29-16-25-15-26-29)10-21(18)24(22)28-27-23/h5-6,10-11,14-16H,2,7-9,12-13H2,1H3,(H,27,28). The Morgan fingerprint density at radius 1 is 1.22 bits per heavy atom. The van der Waals surface area contributed by atoms with E-state index in [-0.39, 0.29) is 0 Å². The van der Waals surface area contributed by atoms with Crippen LogP contribution < -0.4 is 0 Å². The minimum absolute atomic E-state index is 0.407. The van der Waals surface area contributed by atoms with Gasteiger partial charge in [0.05, 0.1) is 36.0 Å². The predicted octanol–water partition coefficient (Wildman–Crippen LogP) is 3.75. The van der Waals surface area contributed by atoms with Crippen molar-refractivity contribution in [3.63, 3.8) is 0 Å². The third kappa shape index (κ3) is 4.36. The highest BCUT2D eigenvalue weighted by Crippen LogP contribution is 2.41. The first-order valence-electron chi connectivity index (χ1n) is 10.6. The quantitative estimate of drug-likeness (QED) is 0.291. The number of hydrogen-bond acceptors (Lipinski definition) is 6. The lowest BCUT2D eigenvalue weighted by Crippen LogP contribution is -2.03. The van der Waals surface area contributed by atoms with Crippen molar-refractivity contribution in [1.82, 2.24) is 25.0 Å². The molecule has 162 valence electrons. The minimum atomic E-state index is 0.407. The molecule has 0 amide bonds. The van der Waals surface area contributed by atoms with Crippen LogP contribution in [0.1, 0.15) is 28.5 Å². The van der Waals surface area contributed by atoms with Crippen LogP contribution in [0.15, 0.2) is 42.3 Å². The molecule has 3 heterocycles. The summed E-state index contributed by atoms with van der Waals surface area (Å²) in [5.41, 5.74) is 8.18. The molecular formula is C24H23N5O2S. The van der Waals surface area contributed by atoms with E-state index in [0.717, 1.165) is 28.2 Å². The van der Waals surface area contributed by atoms with Gasteiger partial charge in [0, 0.05) is 35.1 Å². The molecule has 0 spiro atoms. The largest absolute Gasteiger partial charge is 0.379 e. The molecule has 5 rings (SSSR count). The highest BCUT2D eigenvalue weighted by molar-refractivity contribution is 7.11. The molecule has 7 nitrogen and oxygen atoms in total. The lowest BCUT2D eigenvalue weighted by molar-refractivity contribution is 0.0662. The number of ether oxygens (including phenoxy) is 2. The Labute approximate surface area is 190 Å². The van der Waals surface area contributed by atoms with Gasteiger partial charge in [-0.15, -0.1) is 11.3 Å². The van der Waals surface area contributed by atoms with Gasteiger partial charge in [0.1, 0.15) is 19.3 Å². The first-order chi connectivity index (χ1) is 15.8. The van der Waals surface area contributed by atoms with Crippen LogP contribution in [0.3, 0.4) is 0 Å². The summed E-state index contributed by atoms with van der Waals surface area (Å²) in [6.45, 7) is 4.96. The van der Waals surface area contributed by atoms with Crippen LogP contribution in [0, 0.1) is 11.8 Å². The highest BCUT2D eigenvalue weighted by atomic mass is 32.1. The van der Waals surface area contributed by atoms with Crippen molar-refractivity contribution in [2.24, 2.45) is 0 Å². The van der Waals surface area contributed by atoms with Gasteiger partial charge in [0.2, 0.25) is 0 Å². The molecule has 3 aromatic heterocycles. The third-order valence-corrected chi connectivity index (χ3v) is 6.17. The molecule has 0 unspecified atom stereocenters. The molecule has 0 radical (unpaired) electrons. The Kier molecular flexibility index (Phi) is 6.12. The van der Waals surface area contributed by atoms with Crippen molar-refractivity contribution < 1.29 is 9.47 Å². The first-order valence-corrected chi connectivity index (χ1v) is 11.4. The SMILES string of the molecule is CCOCCOCC#Cc1cc(-c2n[nH]c3c2Cc2ccc(Cn4cncn4)cc2-3)cs1. The number of rotatable bonds is 8. The Balaban J connectivity index is 1.29. The van der Waals surface area contributed by atoms with Crippen molar-refractivity contribution >= 4 is 11.3 Å². The van der Waals surface area contributed by atoms with E-state index < -0.39 is 0 Å². The van der Waals surface area contributed by atoms with Gasteiger partial charge in [-0.05, 0) is 30.2 Å². The second kappa shape index (κ2) is 9.49. The van der Waals surface area contributed by atoms with Crippen molar-refractivity contribution in [2.75, 3.05) is 26.4 Å². The lowest BCUT2D eigenvalue weighted by Gasteiger charge is -2.05. The van der Waals surface area contributed by atoms with Gasteiger partial charge in [-0.1, -0.05) is 24.0 Å². The summed E-state index contributed by atoms with van der Waals surface area (Å²) in [6.07, 6.45) is 4.17. The number of aromatic nitrogens is 5.